The van der Waals surface area contributed by atoms with Crippen LogP contribution in [0.5, 0.6) is 5.75 Å². The van der Waals surface area contributed by atoms with Crippen LogP contribution in [-0.2, 0) is 0 Å². The second-order valence-corrected chi connectivity index (χ2v) is 4.55. The number of phenolic OH excluding ortho intramolecular Hbond substituents is 1. The molecule has 0 aliphatic carbocycles. The molecule has 0 saturated carbocycles. The van der Waals surface area contributed by atoms with Crippen LogP contribution in [0, 0.1) is 6.92 Å². The highest BCUT2D eigenvalue weighted by Crippen LogP contribution is 2.19. The molecule has 0 spiro atoms. The van der Waals surface area contributed by atoms with Gasteiger partial charge in [0.25, 0.3) is 5.91 Å². The van der Waals surface area contributed by atoms with Gasteiger partial charge in [-0.2, -0.15) is 0 Å². The molecule has 1 aliphatic rings. The van der Waals surface area contributed by atoms with E-state index in [1.807, 2.05) is 11.8 Å². The van der Waals surface area contributed by atoms with E-state index in [4.69, 9.17) is 0 Å². The van der Waals surface area contributed by atoms with E-state index >= 15 is 0 Å². The fraction of sp³-hybridized carbons (Fsp3) is 0.357. The number of carbonyl (C=O) groups excluding carboxylic acids is 1. The molecule has 0 atom stereocenters. The van der Waals surface area contributed by atoms with E-state index in [0.717, 1.165) is 18.5 Å². The quantitative estimate of drug-likeness (QED) is 0.754. The minimum Gasteiger partial charge on any atom is -0.508 e. The van der Waals surface area contributed by atoms with Crippen LogP contribution in [0.4, 0.5) is 0 Å². The smallest absolute Gasteiger partial charge is 0.254 e. The lowest BCUT2D eigenvalue weighted by Crippen LogP contribution is -2.34. The minimum atomic E-state index is 0.0475. The van der Waals surface area contributed by atoms with Gasteiger partial charge in [0.2, 0.25) is 0 Å². The molecule has 0 unspecified atom stereocenters. The molecule has 90 valence electrons. The molecular formula is C14H17NO2. The van der Waals surface area contributed by atoms with Gasteiger partial charge in [-0.3, -0.25) is 4.79 Å². The van der Waals surface area contributed by atoms with Gasteiger partial charge in [-0.25, -0.2) is 0 Å². The van der Waals surface area contributed by atoms with Crippen LogP contribution in [0.25, 0.3) is 0 Å². The Labute approximate surface area is 101 Å². The van der Waals surface area contributed by atoms with Gasteiger partial charge in [-0.15, -0.1) is 0 Å². The maximum absolute atomic E-state index is 12.3. The SMILES string of the molecule is CC1=CCN(C(=O)c2ccc(O)cc2C)CC1. The summed E-state index contributed by atoms with van der Waals surface area (Å²) in [6, 6.07) is 4.88. The Bertz CT molecular complexity index is 477. The van der Waals surface area contributed by atoms with Gasteiger partial charge >= 0.3 is 0 Å². The Morgan fingerprint density at radius 2 is 2.12 bits per heavy atom. The number of aryl methyl sites for hydroxylation is 1. The van der Waals surface area contributed by atoms with Crippen molar-refractivity contribution in [2.24, 2.45) is 0 Å². The van der Waals surface area contributed by atoms with Crippen LogP contribution < -0.4 is 0 Å². The normalized spacial score (nSPS) is 15.6. The van der Waals surface area contributed by atoms with Crippen LogP contribution in [0.3, 0.4) is 0 Å². The number of hydrogen-bond donors (Lipinski definition) is 1. The monoisotopic (exact) mass is 231 g/mol. The van der Waals surface area contributed by atoms with Crippen molar-refractivity contribution in [2.45, 2.75) is 20.3 Å². The zero-order chi connectivity index (χ0) is 12.4. The number of phenols is 1. The molecule has 3 heteroatoms. The molecule has 1 aliphatic heterocycles. The van der Waals surface area contributed by atoms with E-state index < -0.39 is 0 Å². The molecule has 0 aromatic heterocycles. The number of hydrogen-bond acceptors (Lipinski definition) is 2. The van der Waals surface area contributed by atoms with Gasteiger partial charge in [-0.05, 0) is 44.0 Å². The second kappa shape index (κ2) is 4.62. The maximum Gasteiger partial charge on any atom is 0.254 e. The molecule has 3 nitrogen and oxygen atoms in total. The summed E-state index contributed by atoms with van der Waals surface area (Å²) >= 11 is 0. The van der Waals surface area contributed by atoms with Crippen molar-refractivity contribution in [1.82, 2.24) is 4.90 Å². The Morgan fingerprint density at radius 1 is 1.35 bits per heavy atom. The van der Waals surface area contributed by atoms with E-state index in [0.29, 0.717) is 12.1 Å². The number of benzene rings is 1. The van der Waals surface area contributed by atoms with Crippen molar-refractivity contribution in [3.8, 4) is 5.75 Å². The van der Waals surface area contributed by atoms with E-state index in [1.54, 1.807) is 18.2 Å². The average molecular weight is 231 g/mol. The predicted molar refractivity (Wildman–Crippen MR) is 67.1 cm³/mol. The Hall–Kier alpha value is -1.77. The van der Waals surface area contributed by atoms with E-state index in [-0.39, 0.29) is 11.7 Å². The molecule has 1 amide bonds. The molecule has 0 radical (unpaired) electrons. The van der Waals surface area contributed by atoms with E-state index in [9.17, 15) is 9.90 Å². The van der Waals surface area contributed by atoms with Crippen molar-refractivity contribution < 1.29 is 9.90 Å². The molecule has 0 bridgehead atoms. The van der Waals surface area contributed by atoms with Gasteiger partial charge in [-0.1, -0.05) is 11.6 Å². The third kappa shape index (κ3) is 2.49. The lowest BCUT2D eigenvalue weighted by atomic mass is 10.0. The third-order valence-corrected chi connectivity index (χ3v) is 3.16. The highest BCUT2D eigenvalue weighted by atomic mass is 16.3. The summed E-state index contributed by atoms with van der Waals surface area (Å²) in [4.78, 5) is 14.1. The van der Waals surface area contributed by atoms with Crippen LogP contribution in [0.2, 0.25) is 0 Å². The summed E-state index contributed by atoms with van der Waals surface area (Å²) < 4.78 is 0. The molecule has 2 rings (SSSR count). The molecule has 1 N–H and O–H groups in total. The number of rotatable bonds is 1. The van der Waals surface area contributed by atoms with Crippen molar-refractivity contribution in [3.63, 3.8) is 0 Å². The molecular weight excluding hydrogens is 214 g/mol. The first-order valence-corrected chi connectivity index (χ1v) is 5.82. The average Bonchev–Trinajstić information content (AvgIpc) is 2.29. The first kappa shape index (κ1) is 11.7. The molecule has 1 aromatic carbocycles. The van der Waals surface area contributed by atoms with Crippen molar-refractivity contribution in [3.05, 3.63) is 41.0 Å². The summed E-state index contributed by atoms with van der Waals surface area (Å²) in [5.41, 5.74) is 2.84. The summed E-state index contributed by atoms with van der Waals surface area (Å²) in [5, 5.41) is 9.33. The molecule has 1 aromatic rings. The van der Waals surface area contributed by atoms with Gasteiger partial charge in [0.1, 0.15) is 5.75 Å². The van der Waals surface area contributed by atoms with Crippen LogP contribution in [0.1, 0.15) is 29.3 Å². The highest BCUT2D eigenvalue weighted by molar-refractivity contribution is 5.96. The van der Waals surface area contributed by atoms with Crippen LogP contribution in [0.15, 0.2) is 29.8 Å². The predicted octanol–water partition coefficient (Wildman–Crippen LogP) is 2.49. The largest absolute Gasteiger partial charge is 0.508 e. The maximum atomic E-state index is 12.3. The summed E-state index contributed by atoms with van der Waals surface area (Å²) in [6.45, 7) is 5.40. The number of aromatic hydroxyl groups is 1. The zero-order valence-electron chi connectivity index (χ0n) is 10.2. The zero-order valence-corrected chi connectivity index (χ0v) is 10.2. The fourth-order valence-corrected chi connectivity index (χ4v) is 2.01. The van der Waals surface area contributed by atoms with Crippen LogP contribution in [-0.4, -0.2) is 29.0 Å². The van der Waals surface area contributed by atoms with Crippen molar-refractivity contribution >= 4 is 5.91 Å². The van der Waals surface area contributed by atoms with Gasteiger partial charge in [0.05, 0.1) is 0 Å². The van der Waals surface area contributed by atoms with Crippen LogP contribution >= 0.6 is 0 Å². The molecule has 0 fully saturated rings. The summed E-state index contributed by atoms with van der Waals surface area (Å²) in [5.74, 6) is 0.250. The Morgan fingerprint density at radius 3 is 2.71 bits per heavy atom. The third-order valence-electron chi connectivity index (χ3n) is 3.16. The Balaban J connectivity index is 2.20. The first-order valence-electron chi connectivity index (χ1n) is 5.82. The minimum absolute atomic E-state index is 0.0475. The van der Waals surface area contributed by atoms with E-state index in [1.165, 1.54) is 5.57 Å². The first-order chi connectivity index (χ1) is 8.08. The lowest BCUT2D eigenvalue weighted by Gasteiger charge is -2.26. The Kier molecular flexibility index (Phi) is 3.18. The molecule has 1 heterocycles. The number of carbonyl (C=O) groups is 1. The summed E-state index contributed by atoms with van der Waals surface area (Å²) in [7, 11) is 0. The molecule has 0 saturated heterocycles. The van der Waals surface area contributed by atoms with Gasteiger partial charge in [0, 0.05) is 18.7 Å². The fourth-order valence-electron chi connectivity index (χ4n) is 2.01. The van der Waals surface area contributed by atoms with Gasteiger partial charge in [0.15, 0.2) is 0 Å². The van der Waals surface area contributed by atoms with Gasteiger partial charge < -0.3 is 10.0 Å². The molecule has 17 heavy (non-hydrogen) atoms. The summed E-state index contributed by atoms with van der Waals surface area (Å²) in [6.07, 6.45) is 3.04. The van der Waals surface area contributed by atoms with Crippen molar-refractivity contribution in [1.29, 1.82) is 0 Å². The topological polar surface area (TPSA) is 40.5 Å². The van der Waals surface area contributed by atoms with E-state index in [2.05, 4.69) is 13.0 Å². The number of amides is 1. The highest BCUT2D eigenvalue weighted by Gasteiger charge is 2.18. The standard InChI is InChI=1S/C14H17NO2/c1-10-5-7-15(8-6-10)14(17)13-4-3-12(16)9-11(13)2/h3-5,9,16H,6-8H2,1-2H3. The van der Waals surface area contributed by atoms with Crippen molar-refractivity contribution in [2.75, 3.05) is 13.1 Å². The lowest BCUT2D eigenvalue weighted by molar-refractivity contribution is 0.0768. The second-order valence-electron chi connectivity index (χ2n) is 4.55. The number of nitrogens with zero attached hydrogens (tertiary/aromatic N) is 1.